The summed E-state index contributed by atoms with van der Waals surface area (Å²) in [4.78, 5) is 29.9. The summed E-state index contributed by atoms with van der Waals surface area (Å²) in [5.41, 5.74) is -0.124. The van der Waals surface area contributed by atoms with Crippen molar-refractivity contribution in [3.63, 3.8) is 0 Å². The maximum atomic E-state index is 12.5. The largest absolute Gasteiger partial charge is 0.490 e. The lowest BCUT2D eigenvalue weighted by atomic mass is 9.81. The number of carbonyl (C=O) groups is 2. The molecule has 0 unspecified atom stereocenters. The van der Waals surface area contributed by atoms with E-state index in [2.05, 4.69) is 10.3 Å². The van der Waals surface area contributed by atoms with Crippen LogP contribution < -0.4 is 10.8 Å². The molecule has 0 saturated carbocycles. The minimum Gasteiger partial charge on any atom is -0.444 e. The molecule has 2 heterocycles. The predicted octanol–water partition coefficient (Wildman–Crippen LogP) is 0.0994. The Morgan fingerprint density at radius 1 is 1.38 bits per heavy atom. The van der Waals surface area contributed by atoms with Gasteiger partial charge in [0, 0.05) is 18.2 Å². The Hall–Kier alpha value is -2.13. The smallest absolute Gasteiger partial charge is 0.444 e. The fourth-order valence-electron chi connectivity index (χ4n) is 2.47. The maximum Gasteiger partial charge on any atom is 0.490 e. The van der Waals surface area contributed by atoms with E-state index in [1.54, 1.807) is 20.8 Å². The molecule has 0 aliphatic carbocycles. The molecule has 0 aromatic carbocycles. The van der Waals surface area contributed by atoms with Gasteiger partial charge in [0.25, 0.3) is 0 Å². The zero-order valence-corrected chi connectivity index (χ0v) is 14.0. The number of pyridine rings is 1. The Balaban J connectivity index is 2.05. The number of hydrogen-bond donors (Lipinski definition) is 3. The average Bonchev–Trinajstić information content (AvgIpc) is 2.95. The fourth-order valence-corrected chi connectivity index (χ4v) is 2.47. The number of anilines is 1. The van der Waals surface area contributed by atoms with Crippen molar-refractivity contribution in [2.24, 2.45) is 0 Å². The molecule has 8 nitrogen and oxygen atoms in total. The summed E-state index contributed by atoms with van der Waals surface area (Å²) in [6, 6.07) is 0.796. The SMILES string of the molecule is CC(C)(C)OC(=O)N1CCC[C@H]1C(=O)Nc1cncc(B(O)O)c1. The van der Waals surface area contributed by atoms with Gasteiger partial charge < -0.3 is 20.1 Å². The molecule has 2 rings (SSSR count). The van der Waals surface area contributed by atoms with E-state index in [1.807, 2.05) is 0 Å². The van der Waals surface area contributed by atoms with Crippen molar-refractivity contribution in [3.05, 3.63) is 18.5 Å². The Bertz CT molecular complexity index is 617. The summed E-state index contributed by atoms with van der Waals surface area (Å²) in [7, 11) is -1.67. The van der Waals surface area contributed by atoms with Gasteiger partial charge in [-0.15, -0.1) is 0 Å². The topological polar surface area (TPSA) is 112 Å². The first-order valence-corrected chi connectivity index (χ1v) is 7.79. The third-order valence-electron chi connectivity index (χ3n) is 3.51. The van der Waals surface area contributed by atoms with Crippen LogP contribution in [0, 0.1) is 0 Å². The monoisotopic (exact) mass is 335 g/mol. The lowest BCUT2D eigenvalue weighted by Gasteiger charge is -2.28. The highest BCUT2D eigenvalue weighted by atomic mass is 16.6. The summed E-state index contributed by atoms with van der Waals surface area (Å²) in [6.07, 6.45) is 3.43. The van der Waals surface area contributed by atoms with E-state index in [-0.39, 0.29) is 11.4 Å². The van der Waals surface area contributed by atoms with Crippen molar-refractivity contribution in [1.82, 2.24) is 9.88 Å². The van der Waals surface area contributed by atoms with Gasteiger partial charge in [-0.05, 0) is 39.7 Å². The molecular weight excluding hydrogens is 313 g/mol. The van der Waals surface area contributed by atoms with E-state index >= 15 is 0 Å². The first-order valence-electron chi connectivity index (χ1n) is 7.79. The lowest BCUT2D eigenvalue weighted by molar-refractivity contribution is -0.120. The van der Waals surface area contributed by atoms with Crippen LogP contribution in [-0.4, -0.2) is 57.2 Å². The molecule has 0 bridgehead atoms. The van der Waals surface area contributed by atoms with Crippen LogP contribution in [-0.2, 0) is 9.53 Å². The van der Waals surface area contributed by atoms with E-state index < -0.39 is 24.9 Å². The number of hydrogen-bond acceptors (Lipinski definition) is 6. The second-order valence-electron chi connectivity index (χ2n) is 6.70. The van der Waals surface area contributed by atoms with Crippen LogP contribution in [0.15, 0.2) is 18.5 Å². The first kappa shape index (κ1) is 18.2. The van der Waals surface area contributed by atoms with Crippen molar-refractivity contribution in [1.29, 1.82) is 0 Å². The second kappa shape index (κ2) is 7.19. The molecule has 24 heavy (non-hydrogen) atoms. The van der Waals surface area contributed by atoms with Gasteiger partial charge in [-0.2, -0.15) is 0 Å². The van der Waals surface area contributed by atoms with E-state index in [0.717, 1.165) is 0 Å². The summed E-state index contributed by atoms with van der Waals surface area (Å²) < 4.78 is 5.33. The summed E-state index contributed by atoms with van der Waals surface area (Å²) in [5, 5.41) is 21.0. The molecule has 3 N–H and O–H groups in total. The van der Waals surface area contributed by atoms with Crippen molar-refractivity contribution in [3.8, 4) is 0 Å². The van der Waals surface area contributed by atoms with Gasteiger partial charge in [-0.1, -0.05) is 0 Å². The Morgan fingerprint density at radius 3 is 2.71 bits per heavy atom. The number of nitrogens with one attached hydrogen (secondary N) is 1. The molecule has 1 aromatic rings. The molecule has 1 fully saturated rings. The normalized spacial score (nSPS) is 17.5. The zero-order valence-electron chi connectivity index (χ0n) is 14.0. The number of carbonyl (C=O) groups excluding carboxylic acids is 2. The standard InChI is InChI=1S/C15H22BN3O5/c1-15(2,3)24-14(21)19-6-4-5-12(19)13(20)18-11-7-10(16(22)23)8-17-9-11/h7-9,12,22-23H,4-6H2,1-3H3,(H,18,20)/t12-/m0/s1. The van der Waals surface area contributed by atoms with E-state index in [4.69, 9.17) is 14.8 Å². The van der Waals surface area contributed by atoms with E-state index in [1.165, 1.54) is 23.4 Å². The summed E-state index contributed by atoms with van der Waals surface area (Å²) in [5.74, 6) is -0.357. The minimum absolute atomic E-state index is 0.170. The minimum atomic E-state index is -1.67. The van der Waals surface area contributed by atoms with Crippen molar-refractivity contribution < 1.29 is 24.4 Å². The molecule has 1 aliphatic rings. The molecule has 1 atom stereocenters. The van der Waals surface area contributed by atoms with Crippen LogP contribution in [0.3, 0.4) is 0 Å². The number of aromatic nitrogens is 1. The highest BCUT2D eigenvalue weighted by molar-refractivity contribution is 6.58. The quantitative estimate of drug-likeness (QED) is 0.676. The molecule has 0 spiro atoms. The van der Waals surface area contributed by atoms with Gasteiger partial charge in [0.2, 0.25) is 5.91 Å². The van der Waals surface area contributed by atoms with Gasteiger partial charge >= 0.3 is 13.2 Å². The van der Waals surface area contributed by atoms with E-state index in [9.17, 15) is 9.59 Å². The molecule has 2 amide bonds. The lowest BCUT2D eigenvalue weighted by Crippen LogP contribution is -2.45. The molecular formula is C15H22BN3O5. The van der Waals surface area contributed by atoms with Crippen molar-refractivity contribution in [2.45, 2.75) is 45.3 Å². The third-order valence-corrected chi connectivity index (χ3v) is 3.51. The highest BCUT2D eigenvalue weighted by Gasteiger charge is 2.36. The molecule has 1 aliphatic heterocycles. The van der Waals surface area contributed by atoms with Crippen molar-refractivity contribution >= 4 is 30.3 Å². The van der Waals surface area contributed by atoms with Gasteiger partial charge in [0.1, 0.15) is 11.6 Å². The van der Waals surface area contributed by atoms with Crippen LogP contribution in [0.5, 0.6) is 0 Å². The van der Waals surface area contributed by atoms with Crippen LogP contribution in [0.4, 0.5) is 10.5 Å². The Kier molecular flexibility index (Phi) is 5.45. The molecule has 1 saturated heterocycles. The molecule has 130 valence electrons. The van der Waals surface area contributed by atoms with Crippen LogP contribution >= 0.6 is 0 Å². The van der Waals surface area contributed by atoms with Crippen molar-refractivity contribution in [2.75, 3.05) is 11.9 Å². The number of amides is 2. The van der Waals surface area contributed by atoms with Gasteiger partial charge in [0.15, 0.2) is 0 Å². The molecule has 0 radical (unpaired) electrons. The molecule has 9 heteroatoms. The maximum absolute atomic E-state index is 12.5. The van der Waals surface area contributed by atoms with Crippen LogP contribution in [0.25, 0.3) is 0 Å². The van der Waals surface area contributed by atoms with Crippen LogP contribution in [0.2, 0.25) is 0 Å². The van der Waals surface area contributed by atoms with Crippen LogP contribution in [0.1, 0.15) is 33.6 Å². The number of rotatable bonds is 3. The van der Waals surface area contributed by atoms with E-state index in [0.29, 0.717) is 25.1 Å². The number of nitrogens with zero attached hydrogens (tertiary/aromatic N) is 2. The predicted molar refractivity (Wildman–Crippen MR) is 88.7 cm³/mol. The van der Waals surface area contributed by atoms with Gasteiger partial charge in [-0.25, -0.2) is 4.79 Å². The number of ether oxygens (including phenoxy) is 1. The first-order chi connectivity index (χ1) is 11.2. The second-order valence-corrected chi connectivity index (χ2v) is 6.70. The summed E-state index contributed by atoms with van der Waals surface area (Å²) >= 11 is 0. The zero-order chi connectivity index (χ0) is 17.9. The number of likely N-dealkylation sites (tertiary alicyclic amines) is 1. The van der Waals surface area contributed by atoms with Gasteiger partial charge in [0.05, 0.1) is 11.9 Å². The third kappa shape index (κ3) is 4.69. The Labute approximate surface area is 141 Å². The highest BCUT2D eigenvalue weighted by Crippen LogP contribution is 2.22. The average molecular weight is 335 g/mol. The summed E-state index contributed by atoms with van der Waals surface area (Å²) in [6.45, 7) is 5.77. The Morgan fingerprint density at radius 2 is 2.08 bits per heavy atom. The van der Waals surface area contributed by atoms with Gasteiger partial charge in [-0.3, -0.25) is 14.7 Å². The fraction of sp³-hybridized carbons (Fsp3) is 0.533. The molecule has 1 aromatic heterocycles.